The average Bonchev–Trinajstić information content (AvgIpc) is 2.37. The molecule has 3 nitrogen and oxygen atoms in total. The molecule has 1 saturated heterocycles. The summed E-state index contributed by atoms with van der Waals surface area (Å²) in [6.45, 7) is 0.750. The number of ether oxygens (including phenoxy) is 2. The summed E-state index contributed by atoms with van der Waals surface area (Å²) in [5.74, 6) is -0.196. The molecule has 0 aromatic heterocycles. The summed E-state index contributed by atoms with van der Waals surface area (Å²) in [5.41, 5.74) is -0.227. The van der Waals surface area contributed by atoms with E-state index < -0.39 is 0 Å². The number of rotatable bonds is 0. The molecule has 0 amide bonds. The van der Waals surface area contributed by atoms with Crippen molar-refractivity contribution in [2.75, 3.05) is 13.2 Å². The third-order valence-corrected chi connectivity index (χ3v) is 2.43. The van der Waals surface area contributed by atoms with Crippen LogP contribution in [-0.2, 0) is 14.3 Å². The molecule has 1 spiro atoms. The van der Waals surface area contributed by atoms with Crippen LogP contribution in [0.25, 0.3) is 0 Å². The molecule has 11 heavy (non-hydrogen) atoms. The van der Waals surface area contributed by atoms with E-state index in [9.17, 15) is 4.79 Å². The van der Waals surface area contributed by atoms with Gasteiger partial charge in [-0.15, -0.1) is 0 Å². The molecule has 3 heteroatoms. The molecule has 0 radical (unpaired) electrons. The molecule has 2 rings (SSSR count). The molecule has 1 heterocycles. The molecule has 1 saturated carbocycles. The Morgan fingerprint density at radius 2 is 2.00 bits per heavy atom. The second-order valence-corrected chi connectivity index (χ2v) is 3.36. The van der Waals surface area contributed by atoms with Crippen molar-refractivity contribution in [2.24, 2.45) is 0 Å². The minimum atomic E-state index is -0.227. The van der Waals surface area contributed by atoms with Crippen LogP contribution in [0.4, 0.5) is 0 Å². The van der Waals surface area contributed by atoms with E-state index in [0.717, 1.165) is 25.7 Å². The zero-order valence-corrected chi connectivity index (χ0v) is 6.47. The lowest BCUT2D eigenvalue weighted by atomic mass is 10.0. The highest BCUT2D eigenvalue weighted by molar-refractivity contribution is 5.71. The van der Waals surface area contributed by atoms with Gasteiger partial charge in [-0.3, -0.25) is 0 Å². The summed E-state index contributed by atoms with van der Waals surface area (Å²) in [6.07, 6.45) is 4.30. The molecular weight excluding hydrogens is 144 g/mol. The van der Waals surface area contributed by atoms with Crippen LogP contribution in [0.2, 0.25) is 0 Å². The highest BCUT2D eigenvalue weighted by Crippen LogP contribution is 2.35. The number of carbonyl (C=O) groups excluding carboxylic acids is 1. The van der Waals surface area contributed by atoms with E-state index >= 15 is 0 Å². The SMILES string of the molecule is O=C1COCC2(CCCC2)O1. The fraction of sp³-hybridized carbons (Fsp3) is 0.875. The van der Waals surface area contributed by atoms with Gasteiger partial charge in [0.1, 0.15) is 12.2 Å². The standard InChI is InChI=1S/C8H12O3/c9-7-5-10-6-8(11-7)3-1-2-4-8/h1-6H2. The highest BCUT2D eigenvalue weighted by Gasteiger charge is 2.40. The molecule has 62 valence electrons. The van der Waals surface area contributed by atoms with Gasteiger partial charge in [0.15, 0.2) is 0 Å². The molecule has 0 unspecified atom stereocenters. The van der Waals surface area contributed by atoms with Crippen LogP contribution >= 0.6 is 0 Å². The first-order valence-corrected chi connectivity index (χ1v) is 4.10. The summed E-state index contributed by atoms with van der Waals surface area (Å²) in [5, 5.41) is 0. The maximum absolute atomic E-state index is 10.9. The Labute approximate surface area is 65.7 Å². The average molecular weight is 156 g/mol. The Hall–Kier alpha value is -0.570. The van der Waals surface area contributed by atoms with Gasteiger partial charge in [-0.05, 0) is 25.7 Å². The monoisotopic (exact) mass is 156 g/mol. The lowest BCUT2D eigenvalue weighted by Gasteiger charge is -2.32. The first kappa shape index (κ1) is 7.10. The van der Waals surface area contributed by atoms with E-state index in [1.165, 1.54) is 0 Å². The molecule has 1 aliphatic carbocycles. The van der Waals surface area contributed by atoms with E-state index in [1.54, 1.807) is 0 Å². The van der Waals surface area contributed by atoms with Crippen molar-refractivity contribution in [1.82, 2.24) is 0 Å². The second kappa shape index (κ2) is 2.48. The summed E-state index contributed by atoms with van der Waals surface area (Å²) < 4.78 is 10.4. The molecule has 0 bridgehead atoms. The summed E-state index contributed by atoms with van der Waals surface area (Å²) >= 11 is 0. The van der Waals surface area contributed by atoms with Crippen molar-refractivity contribution >= 4 is 5.97 Å². The normalized spacial score (nSPS) is 28.9. The second-order valence-electron chi connectivity index (χ2n) is 3.36. The molecule has 0 atom stereocenters. The Balaban J connectivity index is 2.05. The first-order valence-electron chi connectivity index (χ1n) is 4.10. The quantitative estimate of drug-likeness (QED) is 0.488. The summed E-state index contributed by atoms with van der Waals surface area (Å²) in [7, 11) is 0. The molecular formula is C8H12O3. The molecule has 0 N–H and O–H groups in total. The Kier molecular flexibility index (Phi) is 1.60. The number of hydrogen-bond acceptors (Lipinski definition) is 3. The van der Waals surface area contributed by atoms with Crippen LogP contribution in [-0.4, -0.2) is 24.8 Å². The van der Waals surface area contributed by atoms with Crippen molar-refractivity contribution in [3.63, 3.8) is 0 Å². The minimum absolute atomic E-state index is 0.141. The van der Waals surface area contributed by atoms with Crippen molar-refractivity contribution < 1.29 is 14.3 Å². The third-order valence-electron chi connectivity index (χ3n) is 2.43. The van der Waals surface area contributed by atoms with Gasteiger partial charge in [-0.2, -0.15) is 0 Å². The fourth-order valence-corrected chi connectivity index (χ4v) is 1.89. The number of esters is 1. The van der Waals surface area contributed by atoms with Crippen LogP contribution in [0.3, 0.4) is 0 Å². The van der Waals surface area contributed by atoms with Crippen molar-refractivity contribution in [3.05, 3.63) is 0 Å². The molecule has 2 fully saturated rings. The predicted molar refractivity (Wildman–Crippen MR) is 38.1 cm³/mol. The topological polar surface area (TPSA) is 35.5 Å². The maximum Gasteiger partial charge on any atom is 0.332 e. The van der Waals surface area contributed by atoms with Gasteiger partial charge in [0.2, 0.25) is 0 Å². The minimum Gasteiger partial charge on any atom is -0.455 e. The van der Waals surface area contributed by atoms with E-state index in [1.807, 2.05) is 0 Å². The van der Waals surface area contributed by atoms with E-state index in [2.05, 4.69) is 0 Å². The van der Waals surface area contributed by atoms with Gasteiger partial charge in [-0.1, -0.05) is 0 Å². The van der Waals surface area contributed by atoms with Crippen molar-refractivity contribution in [1.29, 1.82) is 0 Å². The van der Waals surface area contributed by atoms with Crippen LogP contribution in [0.5, 0.6) is 0 Å². The Bertz CT molecular complexity index is 170. The summed E-state index contributed by atoms with van der Waals surface area (Å²) in [4.78, 5) is 10.9. The van der Waals surface area contributed by atoms with Gasteiger partial charge < -0.3 is 9.47 Å². The van der Waals surface area contributed by atoms with Crippen molar-refractivity contribution in [3.8, 4) is 0 Å². The van der Waals surface area contributed by atoms with E-state index in [0.29, 0.717) is 6.61 Å². The zero-order valence-electron chi connectivity index (χ0n) is 6.47. The number of carbonyl (C=O) groups is 1. The van der Waals surface area contributed by atoms with Crippen LogP contribution < -0.4 is 0 Å². The smallest absolute Gasteiger partial charge is 0.332 e. The van der Waals surface area contributed by atoms with Crippen molar-refractivity contribution in [2.45, 2.75) is 31.3 Å². The van der Waals surface area contributed by atoms with Crippen LogP contribution in [0.1, 0.15) is 25.7 Å². The van der Waals surface area contributed by atoms with Gasteiger partial charge >= 0.3 is 5.97 Å². The lowest BCUT2D eigenvalue weighted by Crippen LogP contribution is -2.43. The third kappa shape index (κ3) is 1.25. The van der Waals surface area contributed by atoms with E-state index in [4.69, 9.17) is 9.47 Å². The largest absolute Gasteiger partial charge is 0.455 e. The number of hydrogen-bond donors (Lipinski definition) is 0. The lowest BCUT2D eigenvalue weighted by molar-refractivity contribution is -0.188. The van der Waals surface area contributed by atoms with Crippen LogP contribution in [0, 0.1) is 0 Å². The molecule has 1 aliphatic heterocycles. The van der Waals surface area contributed by atoms with Gasteiger partial charge in [0.05, 0.1) is 6.61 Å². The highest BCUT2D eigenvalue weighted by atomic mass is 16.6. The first-order chi connectivity index (χ1) is 5.31. The zero-order chi connectivity index (χ0) is 7.73. The maximum atomic E-state index is 10.9. The summed E-state index contributed by atoms with van der Waals surface area (Å²) in [6, 6.07) is 0. The van der Waals surface area contributed by atoms with Gasteiger partial charge in [0.25, 0.3) is 0 Å². The van der Waals surface area contributed by atoms with Gasteiger partial charge in [-0.25, -0.2) is 4.79 Å². The van der Waals surface area contributed by atoms with Gasteiger partial charge in [0, 0.05) is 0 Å². The molecule has 2 aliphatic rings. The molecule has 0 aromatic rings. The Morgan fingerprint density at radius 1 is 1.27 bits per heavy atom. The Morgan fingerprint density at radius 3 is 2.64 bits per heavy atom. The van der Waals surface area contributed by atoms with E-state index in [-0.39, 0.29) is 18.2 Å². The fourth-order valence-electron chi connectivity index (χ4n) is 1.89. The van der Waals surface area contributed by atoms with Crippen LogP contribution in [0.15, 0.2) is 0 Å². The predicted octanol–water partition coefficient (Wildman–Crippen LogP) is 0.873. The molecule has 0 aromatic carbocycles.